The van der Waals surface area contributed by atoms with Gasteiger partial charge in [-0.15, -0.1) is 0 Å². The van der Waals surface area contributed by atoms with Gasteiger partial charge in [0.05, 0.1) is 13.5 Å². The number of amides is 2. The van der Waals surface area contributed by atoms with Crippen molar-refractivity contribution in [3.63, 3.8) is 0 Å². The summed E-state index contributed by atoms with van der Waals surface area (Å²) < 4.78 is 5.11. The Morgan fingerprint density at radius 3 is 2.14 bits per heavy atom. The summed E-state index contributed by atoms with van der Waals surface area (Å²) in [4.78, 5) is 24.4. The number of carbonyl (C=O) groups excluding carboxylic acids is 2. The topological polar surface area (TPSA) is 67.4 Å². The molecule has 5 heteroatoms. The quantitative estimate of drug-likeness (QED) is 0.661. The van der Waals surface area contributed by atoms with E-state index in [2.05, 4.69) is 10.6 Å². The number of hydrogen-bond donors (Lipinski definition) is 2. The number of rotatable bonds is 7. The second kappa shape index (κ2) is 9.37. The number of benzene rings is 3. The number of carbonyl (C=O) groups is 2. The van der Waals surface area contributed by atoms with Gasteiger partial charge < -0.3 is 15.4 Å². The van der Waals surface area contributed by atoms with E-state index in [0.29, 0.717) is 17.8 Å². The van der Waals surface area contributed by atoms with Crippen LogP contribution in [-0.2, 0) is 17.8 Å². The predicted molar refractivity (Wildman–Crippen MR) is 109 cm³/mol. The van der Waals surface area contributed by atoms with Crippen LogP contribution in [0.2, 0.25) is 0 Å². The number of anilines is 1. The zero-order valence-corrected chi connectivity index (χ0v) is 15.6. The predicted octanol–water partition coefficient (Wildman–Crippen LogP) is 3.81. The van der Waals surface area contributed by atoms with Crippen molar-refractivity contribution >= 4 is 17.5 Å². The molecule has 0 fully saturated rings. The van der Waals surface area contributed by atoms with Crippen molar-refractivity contribution in [2.75, 3.05) is 12.4 Å². The van der Waals surface area contributed by atoms with E-state index in [-0.39, 0.29) is 18.2 Å². The lowest BCUT2D eigenvalue weighted by molar-refractivity contribution is -0.115. The fraction of sp³-hybridized carbons (Fsp3) is 0.130. The van der Waals surface area contributed by atoms with Gasteiger partial charge in [0.1, 0.15) is 5.75 Å². The molecular weight excluding hydrogens is 352 g/mol. The number of ether oxygens (including phenoxy) is 1. The van der Waals surface area contributed by atoms with E-state index in [1.54, 1.807) is 31.4 Å². The molecule has 5 nitrogen and oxygen atoms in total. The molecule has 3 aromatic rings. The van der Waals surface area contributed by atoms with E-state index in [4.69, 9.17) is 4.74 Å². The minimum atomic E-state index is -0.153. The second-order valence-corrected chi connectivity index (χ2v) is 6.32. The molecule has 3 rings (SSSR count). The largest absolute Gasteiger partial charge is 0.497 e. The van der Waals surface area contributed by atoms with E-state index in [1.807, 2.05) is 54.6 Å². The third kappa shape index (κ3) is 5.45. The molecule has 0 spiro atoms. The van der Waals surface area contributed by atoms with Gasteiger partial charge in [-0.2, -0.15) is 0 Å². The first-order valence-corrected chi connectivity index (χ1v) is 8.99. The molecule has 0 aliphatic rings. The van der Waals surface area contributed by atoms with Crippen LogP contribution in [0.3, 0.4) is 0 Å². The molecule has 0 heterocycles. The Bertz CT molecular complexity index is 920. The highest BCUT2D eigenvalue weighted by atomic mass is 16.5. The molecule has 0 aliphatic heterocycles. The van der Waals surface area contributed by atoms with Crippen LogP contribution in [0.1, 0.15) is 21.5 Å². The molecule has 0 bridgehead atoms. The van der Waals surface area contributed by atoms with Crippen molar-refractivity contribution in [1.29, 1.82) is 0 Å². The van der Waals surface area contributed by atoms with Crippen molar-refractivity contribution in [3.05, 3.63) is 95.6 Å². The van der Waals surface area contributed by atoms with E-state index in [0.717, 1.165) is 16.9 Å². The Morgan fingerprint density at radius 1 is 0.821 bits per heavy atom. The van der Waals surface area contributed by atoms with E-state index in [9.17, 15) is 9.59 Å². The SMILES string of the molecule is COc1ccc(CC(=O)Nc2ccc(C(=O)NCc3ccccc3)cc2)cc1. The highest BCUT2D eigenvalue weighted by molar-refractivity contribution is 5.96. The molecule has 0 radical (unpaired) electrons. The van der Waals surface area contributed by atoms with Crippen LogP contribution in [0.25, 0.3) is 0 Å². The molecule has 0 unspecified atom stereocenters. The van der Waals surface area contributed by atoms with Gasteiger partial charge in [0, 0.05) is 17.8 Å². The van der Waals surface area contributed by atoms with Crippen LogP contribution in [0, 0.1) is 0 Å². The van der Waals surface area contributed by atoms with Gasteiger partial charge >= 0.3 is 0 Å². The van der Waals surface area contributed by atoms with Crippen molar-refractivity contribution in [3.8, 4) is 5.75 Å². The van der Waals surface area contributed by atoms with Gasteiger partial charge in [-0.1, -0.05) is 42.5 Å². The molecule has 2 N–H and O–H groups in total. The van der Waals surface area contributed by atoms with Crippen LogP contribution in [0.4, 0.5) is 5.69 Å². The first kappa shape index (κ1) is 19.2. The molecule has 0 aromatic heterocycles. The van der Waals surface area contributed by atoms with Gasteiger partial charge in [0.15, 0.2) is 0 Å². The molecule has 0 aliphatic carbocycles. The first-order valence-electron chi connectivity index (χ1n) is 8.99. The highest BCUT2D eigenvalue weighted by Gasteiger charge is 2.08. The van der Waals surface area contributed by atoms with Crippen molar-refractivity contribution in [1.82, 2.24) is 5.32 Å². The van der Waals surface area contributed by atoms with Crippen LogP contribution >= 0.6 is 0 Å². The molecule has 3 aromatic carbocycles. The van der Waals surface area contributed by atoms with Crippen LogP contribution in [0.5, 0.6) is 5.75 Å². The van der Waals surface area contributed by atoms with Gasteiger partial charge in [-0.05, 0) is 47.5 Å². The van der Waals surface area contributed by atoms with Gasteiger partial charge in [0.2, 0.25) is 5.91 Å². The summed E-state index contributed by atoms with van der Waals surface area (Å²) in [6.07, 6.45) is 0.267. The zero-order chi connectivity index (χ0) is 19.8. The summed E-state index contributed by atoms with van der Waals surface area (Å²) in [6.45, 7) is 0.472. The standard InChI is InChI=1S/C23H22N2O3/c1-28-21-13-7-17(8-14-21)15-22(26)25-20-11-9-19(10-12-20)23(27)24-16-18-5-3-2-4-6-18/h2-14H,15-16H2,1H3,(H,24,27)(H,25,26). The normalized spacial score (nSPS) is 10.2. The third-order valence-electron chi connectivity index (χ3n) is 4.25. The fourth-order valence-electron chi connectivity index (χ4n) is 2.72. The van der Waals surface area contributed by atoms with Gasteiger partial charge in [-0.3, -0.25) is 9.59 Å². The van der Waals surface area contributed by atoms with Crippen molar-refractivity contribution in [2.45, 2.75) is 13.0 Å². The maximum atomic E-state index is 12.2. The lowest BCUT2D eigenvalue weighted by Gasteiger charge is -2.08. The third-order valence-corrected chi connectivity index (χ3v) is 4.25. The van der Waals surface area contributed by atoms with Gasteiger partial charge in [-0.25, -0.2) is 0 Å². The minimum Gasteiger partial charge on any atom is -0.497 e. The lowest BCUT2D eigenvalue weighted by Crippen LogP contribution is -2.22. The van der Waals surface area contributed by atoms with E-state index >= 15 is 0 Å². The molecule has 28 heavy (non-hydrogen) atoms. The zero-order valence-electron chi connectivity index (χ0n) is 15.6. The lowest BCUT2D eigenvalue weighted by atomic mass is 10.1. The van der Waals surface area contributed by atoms with Crippen LogP contribution < -0.4 is 15.4 Å². The van der Waals surface area contributed by atoms with Crippen LogP contribution in [-0.4, -0.2) is 18.9 Å². The molecule has 0 saturated carbocycles. The summed E-state index contributed by atoms with van der Waals surface area (Å²) >= 11 is 0. The monoisotopic (exact) mass is 374 g/mol. The summed E-state index contributed by atoms with van der Waals surface area (Å²) in [5.74, 6) is 0.483. The van der Waals surface area contributed by atoms with E-state index in [1.165, 1.54) is 0 Å². The highest BCUT2D eigenvalue weighted by Crippen LogP contribution is 2.14. The Morgan fingerprint density at radius 2 is 1.50 bits per heavy atom. The Hall–Kier alpha value is -3.60. The molecule has 0 atom stereocenters. The molecule has 142 valence electrons. The second-order valence-electron chi connectivity index (χ2n) is 6.32. The van der Waals surface area contributed by atoms with E-state index < -0.39 is 0 Å². The molecule has 2 amide bonds. The van der Waals surface area contributed by atoms with Gasteiger partial charge in [0.25, 0.3) is 5.91 Å². The minimum absolute atomic E-state index is 0.119. The smallest absolute Gasteiger partial charge is 0.251 e. The Balaban J connectivity index is 1.51. The van der Waals surface area contributed by atoms with Crippen molar-refractivity contribution < 1.29 is 14.3 Å². The molecule has 0 saturated heterocycles. The first-order chi connectivity index (χ1) is 13.6. The number of nitrogens with one attached hydrogen (secondary N) is 2. The summed E-state index contributed by atoms with van der Waals surface area (Å²) in [5.41, 5.74) is 3.13. The molecular formula is C23H22N2O3. The summed E-state index contributed by atoms with van der Waals surface area (Å²) in [6, 6.07) is 23.9. The maximum Gasteiger partial charge on any atom is 0.251 e. The summed E-state index contributed by atoms with van der Waals surface area (Å²) in [7, 11) is 1.60. The number of methoxy groups -OCH3 is 1. The average molecular weight is 374 g/mol. The Labute approximate surface area is 164 Å². The Kier molecular flexibility index (Phi) is 6.41. The average Bonchev–Trinajstić information content (AvgIpc) is 2.74. The maximum absolute atomic E-state index is 12.2. The fourth-order valence-corrected chi connectivity index (χ4v) is 2.72. The number of hydrogen-bond acceptors (Lipinski definition) is 3. The van der Waals surface area contributed by atoms with Crippen molar-refractivity contribution in [2.24, 2.45) is 0 Å². The summed E-state index contributed by atoms with van der Waals surface area (Å²) in [5, 5.41) is 5.72. The van der Waals surface area contributed by atoms with Crippen LogP contribution in [0.15, 0.2) is 78.9 Å².